The molecule has 0 fully saturated rings. The van der Waals surface area contributed by atoms with Gasteiger partial charge in [-0.3, -0.25) is 4.79 Å². The van der Waals surface area contributed by atoms with Gasteiger partial charge in [0.1, 0.15) is 11.6 Å². The Morgan fingerprint density at radius 2 is 2.00 bits per heavy atom. The van der Waals surface area contributed by atoms with Gasteiger partial charge in [0, 0.05) is 5.69 Å². The zero-order valence-electron chi connectivity index (χ0n) is 11.5. The fourth-order valence-corrected chi connectivity index (χ4v) is 2.23. The fourth-order valence-electron chi connectivity index (χ4n) is 1.77. The van der Waals surface area contributed by atoms with Gasteiger partial charge < -0.3 is 10.1 Å². The number of hydrogen-bond donors (Lipinski definition) is 1. The molecule has 3 nitrogen and oxygen atoms in total. The van der Waals surface area contributed by atoms with Crippen LogP contribution in [0.5, 0.6) is 5.75 Å². The molecule has 110 valence electrons. The second-order valence-corrected chi connectivity index (χ2v) is 5.40. The zero-order valence-corrected chi connectivity index (χ0v) is 13.1. The zero-order chi connectivity index (χ0) is 15.2. The first-order valence-corrected chi connectivity index (χ1v) is 7.29. The second-order valence-electron chi connectivity index (χ2n) is 4.54. The molecule has 1 N–H and O–H groups in total. The van der Waals surface area contributed by atoms with Crippen molar-refractivity contribution < 1.29 is 13.9 Å². The van der Waals surface area contributed by atoms with Crippen molar-refractivity contribution in [1.29, 1.82) is 0 Å². The van der Waals surface area contributed by atoms with Crippen LogP contribution in [0, 0.1) is 12.7 Å². The minimum atomic E-state index is -0.406. The van der Waals surface area contributed by atoms with Crippen molar-refractivity contribution in [3.63, 3.8) is 0 Å². The van der Waals surface area contributed by atoms with Gasteiger partial charge >= 0.3 is 0 Å². The molecule has 0 saturated carbocycles. The van der Waals surface area contributed by atoms with Gasteiger partial charge in [0.15, 0.2) is 0 Å². The Labute approximate surface area is 131 Å². The summed E-state index contributed by atoms with van der Waals surface area (Å²) < 4.78 is 19.3. The highest BCUT2D eigenvalue weighted by molar-refractivity contribution is 9.10. The van der Waals surface area contributed by atoms with Crippen molar-refractivity contribution in [3.8, 4) is 5.75 Å². The monoisotopic (exact) mass is 351 g/mol. The number of hydrogen-bond acceptors (Lipinski definition) is 2. The number of amides is 1. The molecule has 0 aliphatic carbocycles. The van der Waals surface area contributed by atoms with Crippen molar-refractivity contribution in [2.45, 2.75) is 13.3 Å². The van der Waals surface area contributed by atoms with Gasteiger partial charge in [0.25, 0.3) is 0 Å². The van der Waals surface area contributed by atoms with Crippen LogP contribution in [0.4, 0.5) is 10.1 Å². The molecular formula is C16H15BrFNO2. The van der Waals surface area contributed by atoms with Gasteiger partial charge in [0.05, 0.1) is 17.5 Å². The highest BCUT2D eigenvalue weighted by atomic mass is 79.9. The van der Waals surface area contributed by atoms with Gasteiger partial charge in [-0.25, -0.2) is 4.39 Å². The van der Waals surface area contributed by atoms with Gasteiger partial charge in [-0.2, -0.15) is 0 Å². The summed E-state index contributed by atoms with van der Waals surface area (Å²) in [6.07, 6.45) is 0.200. The van der Waals surface area contributed by atoms with Gasteiger partial charge in [-0.05, 0) is 52.7 Å². The van der Waals surface area contributed by atoms with Gasteiger partial charge in [-0.15, -0.1) is 0 Å². The minimum absolute atomic E-state index is 0.200. The fraction of sp³-hybridized carbons (Fsp3) is 0.188. The third kappa shape index (κ3) is 4.56. The number of ether oxygens (including phenoxy) is 1. The lowest BCUT2D eigenvalue weighted by Crippen LogP contribution is -2.16. The average Bonchev–Trinajstić information content (AvgIpc) is 2.46. The molecule has 2 rings (SSSR count). The summed E-state index contributed by atoms with van der Waals surface area (Å²) in [5.41, 5.74) is 1.26. The lowest BCUT2D eigenvalue weighted by Gasteiger charge is -2.10. The standard InChI is InChI=1S/C16H15BrFNO2/c1-11-9-13(17)14(18)10-15(11)19-16(20)7-8-21-12-5-3-2-4-6-12/h2-6,9-10H,7-8H2,1H3,(H,19,20). The number of aryl methyl sites for hydroxylation is 1. The average molecular weight is 352 g/mol. The number of para-hydroxylation sites is 1. The molecule has 0 spiro atoms. The molecule has 0 unspecified atom stereocenters. The van der Waals surface area contributed by atoms with Crippen LogP contribution in [0.1, 0.15) is 12.0 Å². The predicted molar refractivity (Wildman–Crippen MR) is 84.0 cm³/mol. The molecule has 2 aromatic carbocycles. The summed E-state index contributed by atoms with van der Waals surface area (Å²) in [6.45, 7) is 2.08. The largest absolute Gasteiger partial charge is 0.493 e. The van der Waals surface area contributed by atoms with Crippen LogP contribution in [0.25, 0.3) is 0 Å². The maximum absolute atomic E-state index is 13.5. The van der Waals surface area contributed by atoms with E-state index in [2.05, 4.69) is 21.2 Å². The number of carbonyl (C=O) groups is 1. The van der Waals surface area contributed by atoms with E-state index in [-0.39, 0.29) is 18.9 Å². The number of benzene rings is 2. The maximum Gasteiger partial charge on any atom is 0.227 e. The van der Waals surface area contributed by atoms with E-state index in [0.717, 1.165) is 11.3 Å². The SMILES string of the molecule is Cc1cc(Br)c(F)cc1NC(=O)CCOc1ccccc1. The molecule has 0 heterocycles. The Hall–Kier alpha value is -1.88. The van der Waals surface area contributed by atoms with Crippen LogP contribution in [0.15, 0.2) is 46.9 Å². The Bertz CT molecular complexity index is 632. The summed E-state index contributed by atoms with van der Waals surface area (Å²) in [4.78, 5) is 11.8. The summed E-state index contributed by atoms with van der Waals surface area (Å²) in [6, 6.07) is 12.2. The van der Waals surface area contributed by atoms with Crippen molar-refractivity contribution in [3.05, 3.63) is 58.3 Å². The van der Waals surface area contributed by atoms with Crippen LogP contribution in [-0.2, 0) is 4.79 Å². The molecular weight excluding hydrogens is 337 g/mol. The van der Waals surface area contributed by atoms with Crippen LogP contribution >= 0.6 is 15.9 Å². The molecule has 0 radical (unpaired) electrons. The van der Waals surface area contributed by atoms with E-state index >= 15 is 0 Å². The van der Waals surface area contributed by atoms with Crippen molar-refractivity contribution >= 4 is 27.5 Å². The first kappa shape index (κ1) is 15.5. The normalized spacial score (nSPS) is 10.2. The number of nitrogens with one attached hydrogen (secondary N) is 1. The lowest BCUT2D eigenvalue weighted by molar-refractivity contribution is -0.116. The van der Waals surface area contributed by atoms with Crippen LogP contribution in [0.3, 0.4) is 0 Å². The highest BCUT2D eigenvalue weighted by Gasteiger charge is 2.09. The summed E-state index contributed by atoms with van der Waals surface area (Å²) in [5, 5.41) is 2.68. The predicted octanol–water partition coefficient (Wildman–Crippen LogP) is 4.30. The third-order valence-corrected chi connectivity index (χ3v) is 3.49. The minimum Gasteiger partial charge on any atom is -0.493 e. The summed E-state index contributed by atoms with van der Waals surface area (Å²) in [7, 11) is 0. The quantitative estimate of drug-likeness (QED) is 0.871. The number of halogens is 2. The third-order valence-electron chi connectivity index (χ3n) is 2.88. The van der Waals surface area contributed by atoms with E-state index < -0.39 is 5.82 Å². The van der Waals surface area contributed by atoms with Gasteiger partial charge in [0.2, 0.25) is 5.91 Å². The Kier molecular flexibility index (Phi) is 5.33. The van der Waals surface area contributed by atoms with E-state index in [4.69, 9.17) is 4.74 Å². The first-order chi connectivity index (χ1) is 10.1. The van der Waals surface area contributed by atoms with E-state index in [1.807, 2.05) is 30.3 Å². The van der Waals surface area contributed by atoms with Crippen LogP contribution in [0.2, 0.25) is 0 Å². The van der Waals surface area contributed by atoms with E-state index in [1.165, 1.54) is 6.07 Å². The van der Waals surface area contributed by atoms with Crippen molar-refractivity contribution in [2.24, 2.45) is 0 Å². The topological polar surface area (TPSA) is 38.3 Å². The second kappa shape index (κ2) is 7.22. The summed E-state index contributed by atoms with van der Waals surface area (Å²) in [5.74, 6) is 0.100. The van der Waals surface area contributed by atoms with Crippen LogP contribution < -0.4 is 10.1 Å². The van der Waals surface area contributed by atoms with Crippen LogP contribution in [-0.4, -0.2) is 12.5 Å². The molecule has 0 aliphatic rings. The van der Waals surface area contributed by atoms with Crippen molar-refractivity contribution in [1.82, 2.24) is 0 Å². The first-order valence-electron chi connectivity index (χ1n) is 6.49. The molecule has 1 amide bonds. The van der Waals surface area contributed by atoms with E-state index in [9.17, 15) is 9.18 Å². The highest BCUT2D eigenvalue weighted by Crippen LogP contribution is 2.24. The van der Waals surface area contributed by atoms with E-state index in [0.29, 0.717) is 10.2 Å². The number of rotatable bonds is 5. The maximum atomic E-state index is 13.5. The summed E-state index contributed by atoms with van der Waals surface area (Å²) >= 11 is 3.11. The number of carbonyl (C=O) groups excluding carboxylic acids is 1. The smallest absolute Gasteiger partial charge is 0.227 e. The molecule has 5 heteroatoms. The molecule has 0 aromatic heterocycles. The molecule has 0 aliphatic heterocycles. The molecule has 0 saturated heterocycles. The Balaban J connectivity index is 1.86. The van der Waals surface area contributed by atoms with Gasteiger partial charge in [-0.1, -0.05) is 18.2 Å². The number of anilines is 1. The molecule has 0 bridgehead atoms. The Morgan fingerprint density at radius 1 is 1.29 bits per heavy atom. The molecule has 0 atom stereocenters. The molecule has 2 aromatic rings. The van der Waals surface area contributed by atoms with Crippen molar-refractivity contribution in [2.75, 3.05) is 11.9 Å². The molecule has 21 heavy (non-hydrogen) atoms. The Morgan fingerprint density at radius 3 is 2.71 bits per heavy atom. The lowest BCUT2D eigenvalue weighted by atomic mass is 10.2. The van der Waals surface area contributed by atoms with E-state index in [1.54, 1.807) is 13.0 Å².